The molecule has 1 unspecified atom stereocenters. The monoisotopic (exact) mass is 367 g/mol. The molecule has 0 amide bonds. The van der Waals surface area contributed by atoms with Gasteiger partial charge in [0, 0.05) is 0 Å². The van der Waals surface area contributed by atoms with Crippen molar-refractivity contribution in [3.63, 3.8) is 0 Å². The molecule has 3 aromatic rings. The summed E-state index contributed by atoms with van der Waals surface area (Å²) in [5, 5.41) is 1.81. The van der Waals surface area contributed by atoms with E-state index in [0.717, 1.165) is 16.3 Å². The summed E-state index contributed by atoms with van der Waals surface area (Å²) in [5.74, 6) is -0.213. The fraction of sp³-hybridized carbons (Fsp3) is 0.190. The molecule has 0 spiro atoms. The predicted octanol–water partition coefficient (Wildman–Crippen LogP) is 4.32. The number of rotatable bonds is 5. The summed E-state index contributed by atoms with van der Waals surface area (Å²) in [6, 6.07) is 19.0. The molecule has 26 heavy (non-hydrogen) atoms. The Kier molecular flexibility index (Phi) is 4.83. The Morgan fingerprint density at radius 3 is 2.15 bits per heavy atom. The van der Waals surface area contributed by atoms with E-state index in [-0.39, 0.29) is 10.7 Å². The number of aryl methyl sites for hydroxylation is 1. The van der Waals surface area contributed by atoms with Gasteiger partial charge in [-0.05, 0) is 55.8 Å². The summed E-state index contributed by atoms with van der Waals surface area (Å²) < 4.78 is 28.0. The largest absolute Gasteiger partial charge is 0.298 e. The van der Waals surface area contributed by atoms with E-state index in [1.807, 2.05) is 43.3 Å². The van der Waals surface area contributed by atoms with Crippen molar-refractivity contribution in [2.24, 2.45) is 0 Å². The fourth-order valence-electron chi connectivity index (χ4n) is 2.87. The third-order valence-corrected chi connectivity index (χ3v) is 6.40. The minimum Gasteiger partial charge on any atom is -0.298 e. The number of hydrogen-bond donors (Lipinski definition) is 0. The average molecular weight is 367 g/mol. The topological polar surface area (TPSA) is 54.5 Å². The number of ketones is 1. The Bertz CT molecular complexity index is 1060. The first-order chi connectivity index (χ1) is 12.3. The maximum absolute atomic E-state index is 13.4. The summed E-state index contributed by atoms with van der Waals surface area (Å²) in [6.45, 7) is 4.95. The second kappa shape index (κ2) is 6.92. The van der Waals surface area contributed by atoms with Crippen molar-refractivity contribution >= 4 is 32.3 Å². The van der Waals surface area contributed by atoms with Gasteiger partial charge in [-0.1, -0.05) is 48.0 Å². The summed E-state index contributed by atoms with van der Waals surface area (Å²) in [5.41, 5.74) is 1.50. The molecule has 0 aliphatic carbocycles. The number of hydrogen-bond acceptors (Lipinski definition) is 3. The molecule has 0 saturated heterocycles. The Morgan fingerprint density at radius 1 is 0.923 bits per heavy atom. The van der Waals surface area contributed by atoms with Gasteiger partial charge in [0.2, 0.25) is 0 Å². The van der Waals surface area contributed by atoms with Gasteiger partial charge in [-0.2, -0.15) is 0 Å². The van der Waals surface area contributed by atoms with Gasteiger partial charge in [-0.3, -0.25) is 9.10 Å². The van der Waals surface area contributed by atoms with Crippen LogP contribution >= 0.6 is 0 Å². The second-order valence-electron chi connectivity index (χ2n) is 6.43. The average Bonchev–Trinajstić information content (AvgIpc) is 2.62. The van der Waals surface area contributed by atoms with Crippen molar-refractivity contribution in [3.8, 4) is 0 Å². The number of carbonyl (C=O) groups excluding carboxylic acids is 1. The highest BCUT2D eigenvalue weighted by Gasteiger charge is 2.31. The van der Waals surface area contributed by atoms with E-state index in [9.17, 15) is 13.2 Å². The molecular weight excluding hydrogens is 346 g/mol. The van der Waals surface area contributed by atoms with Crippen LogP contribution in [0.1, 0.15) is 19.4 Å². The van der Waals surface area contributed by atoms with Crippen molar-refractivity contribution < 1.29 is 13.2 Å². The van der Waals surface area contributed by atoms with Gasteiger partial charge >= 0.3 is 0 Å². The number of anilines is 1. The van der Waals surface area contributed by atoms with Crippen molar-refractivity contribution in [3.05, 3.63) is 72.3 Å². The highest BCUT2D eigenvalue weighted by molar-refractivity contribution is 7.93. The lowest BCUT2D eigenvalue weighted by atomic mass is 10.1. The minimum absolute atomic E-state index is 0.171. The molecule has 134 valence electrons. The van der Waals surface area contributed by atoms with E-state index in [1.54, 1.807) is 37.3 Å². The Labute approximate surface area is 154 Å². The first kappa shape index (κ1) is 18.1. The Morgan fingerprint density at radius 2 is 1.54 bits per heavy atom. The van der Waals surface area contributed by atoms with Crippen molar-refractivity contribution in [2.45, 2.75) is 31.7 Å². The highest BCUT2D eigenvalue weighted by Crippen LogP contribution is 2.28. The quantitative estimate of drug-likeness (QED) is 0.675. The summed E-state index contributed by atoms with van der Waals surface area (Å²) in [4.78, 5) is 12.2. The number of Topliss-reactive ketones (excluding diaryl/α,β-unsaturated/α-hetero) is 1. The summed E-state index contributed by atoms with van der Waals surface area (Å²) in [6.07, 6.45) is 0. The van der Waals surface area contributed by atoms with Gasteiger partial charge in [0.25, 0.3) is 10.0 Å². The van der Waals surface area contributed by atoms with Gasteiger partial charge in [-0.15, -0.1) is 0 Å². The van der Waals surface area contributed by atoms with Gasteiger partial charge in [-0.25, -0.2) is 8.42 Å². The molecule has 0 aliphatic rings. The van der Waals surface area contributed by atoms with Crippen LogP contribution in [0.3, 0.4) is 0 Å². The maximum Gasteiger partial charge on any atom is 0.264 e. The third-order valence-electron chi connectivity index (χ3n) is 4.51. The molecule has 1 atom stereocenters. The molecule has 0 N–H and O–H groups in total. The minimum atomic E-state index is -3.89. The van der Waals surface area contributed by atoms with Crippen LogP contribution in [0.5, 0.6) is 0 Å². The van der Waals surface area contributed by atoms with Crippen LogP contribution < -0.4 is 4.31 Å². The lowest BCUT2D eigenvalue weighted by Gasteiger charge is -2.29. The van der Waals surface area contributed by atoms with Crippen LogP contribution in [-0.2, 0) is 14.8 Å². The van der Waals surface area contributed by atoms with Crippen LogP contribution in [0.25, 0.3) is 10.8 Å². The van der Waals surface area contributed by atoms with Crippen molar-refractivity contribution in [1.82, 2.24) is 0 Å². The number of carbonyl (C=O) groups is 1. The predicted molar refractivity (Wildman–Crippen MR) is 105 cm³/mol. The zero-order chi connectivity index (χ0) is 18.9. The van der Waals surface area contributed by atoms with E-state index in [0.29, 0.717) is 5.69 Å². The normalized spacial score (nSPS) is 12.7. The molecule has 3 aromatic carbocycles. The van der Waals surface area contributed by atoms with Gasteiger partial charge in [0.05, 0.1) is 10.6 Å². The molecule has 0 aliphatic heterocycles. The molecule has 3 rings (SSSR count). The molecule has 0 aromatic heterocycles. The zero-order valence-electron chi connectivity index (χ0n) is 15.0. The van der Waals surface area contributed by atoms with E-state index in [4.69, 9.17) is 0 Å². The Hall–Kier alpha value is -2.66. The molecule has 4 nitrogen and oxygen atoms in total. The second-order valence-corrected chi connectivity index (χ2v) is 8.25. The molecular formula is C21H21NO3S. The van der Waals surface area contributed by atoms with Gasteiger partial charge in [0.1, 0.15) is 6.04 Å². The van der Waals surface area contributed by atoms with Crippen LogP contribution in [0, 0.1) is 6.92 Å². The van der Waals surface area contributed by atoms with Crippen molar-refractivity contribution in [1.29, 1.82) is 0 Å². The zero-order valence-corrected chi connectivity index (χ0v) is 15.8. The lowest BCUT2D eigenvalue weighted by molar-refractivity contribution is -0.117. The molecule has 5 heteroatoms. The van der Waals surface area contributed by atoms with Gasteiger partial charge in [0.15, 0.2) is 5.78 Å². The van der Waals surface area contributed by atoms with Crippen LogP contribution in [0.4, 0.5) is 5.69 Å². The number of sulfonamides is 1. The Balaban J connectivity index is 2.16. The first-order valence-corrected chi connectivity index (χ1v) is 9.85. The number of fused-ring (bicyclic) bond motifs is 1. The standard InChI is InChI=1S/C21H21NO3S/c1-15-8-11-20(12-9-15)22(16(2)17(3)23)26(24,25)21-13-10-18-6-4-5-7-19(18)14-21/h4-14,16H,1-3H3. The lowest BCUT2D eigenvalue weighted by Crippen LogP contribution is -2.42. The maximum atomic E-state index is 13.4. The molecule has 0 heterocycles. The van der Waals surface area contributed by atoms with Crippen LogP contribution in [0.15, 0.2) is 71.6 Å². The third kappa shape index (κ3) is 3.35. The van der Waals surface area contributed by atoms with Crippen molar-refractivity contribution in [2.75, 3.05) is 4.31 Å². The number of nitrogens with zero attached hydrogens (tertiary/aromatic N) is 1. The van der Waals surface area contributed by atoms with Gasteiger partial charge < -0.3 is 0 Å². The summed E-state index contributed by atoms with van der Waals surface area (Å²) >= 11 is 0. The number of benzene rings is 3. The fourth-order valence-corrected chi connectivity index (χ4v) is 4.58. The molecule has 0 radical (unpaired) electrons. The highest BCUT2D eigenvalue weighted by atomic mass is 32.2. The van der Waals surface area contributed by atoms with Crippen LogP contribution in [-0.4, -0.2) is 20.2 Å². The summed E-state index contributed by atoms with van der Waals surface area (Å²) in [7, 11) is -3.89. The van der Waals surface area contributed by atoms with Crippen LogP contribution in [0.2, 0.25) is 0 Å². The van der Waals surface area contributed by atoms with E-state index in [2.05, 4.69) is 0 Å². The molecule has 0 fully saturated rings. The molecule has 0 saturated carbocycles. The molecule has 0 bridgehead atoms. The van der Waals surface area contributed by atoms with E-state index < -0.39 is 16.1 Å². The SMILES string of the molecule is CC(=O)C(C)N(c1ccc(C)cc1)S(=O)(=O)c1ccc2ccccc2c1. The van der Waals surface area contributed by atoms with E-state index >= 15 is 0 Å². The van der Waals surface area contributed by atoms with E-state index in [1.165, 1.54) is 11.2 Å². The smallest absolute Gasteiger partial charge is 0.264 e. The first-order valence-electron chi connectivity index (χ1n) is 8.41.